The zero-order chi connectivity index (χ0) is 22.8. The van der Waals surface area contributed by atoms with E-state index in [1.54, 1.807) is 13.0 Å². The molecule has 5 heteroatoms. The summed E-state index contributed by atoms with van der Waals surface area (Å²) < 4.78 is 0. The molecule has 2 aromatic rings. The fraction of sp³-hybridized carbons (Fsp3) is 0.385. The summed E-state index contributed by atoms with van der Waals surface area (Å²) in [5, 5.41) is 1.28. The van der Waals surface area contributed by atoms with Crippen LogP contribution in [0.1, 0.15) is 63.1 Å². The van der Waals surface area contributed by atoms with Gasteiger partial charge in [0.25, 0.3) is 0 Å². The van der Waals surface area contributed by atoms with Crippen LogP contribution in [0.15, 0.2) is 61.2 Å². The first-order valence-corrected chi connectivity index (χ1v) is 11.4. The standard InChI is InChI=1S/C26H29Cl2NO2/c1-5-14-26(4)16-22(19-8-7-9-21(28)15-19)24(18-10-12-20(27)13-11-18)29(25(26)31)23(6-2)17(3)30/h5,7-13,15,22-24H,1,6,14,16H2,2-4H3/t22-,23?,24-,26+/m1/s1. The van der Waals surface area contributed by atoms with Crippen molar-refractivity contribution in [2.24, 2.45) is 5.41 Å². The Morgan fingerprint density at radius 3 is 2.42 bits per heavy atom. The number of halogens is 2. The molecule has 0 bridgehead atoms. The molecule has 3 nitrogen and oxygen atoms in total. The van der Waals surface area contributed by atoms with Crippen LogP contribution in [0.5, 0.6) is 0 Å². The molecular weight excluding hydrogens is 429 g/mol. The summed E-state index contributed by atoms with van der Waals surface area (Å²) >= 11 is 12.5. The minimum Gasteiger partial charge on any atom is -0.325 e. The molecule has 1 heterocycles. The zero-order valence-corrected chi connectivity index (χ0v) is 19.8. The van der Waals surface area contributed by atoms with E-state index < -0.39 is 11.5 Å². The highest BCUT2D eigenvalue weighted by Gasteiger charge is 2.51. The van der Waals surface area contributed by atoms with Gasteiger partial charge in [0.2, 0.25) is 5.91 Å². The normalized spacial score (nSPS) is 24.7. The summed E-state index contributed by atoms with van der Waals surface area (Å²) in [6.45, 7) is 9.38. The maximum Gasteiger partial charge on any atom is 0.229 e. The number of nitrogens with zero attached hydrogens (tertiary/aromatic N) is 1. The van der Waals surface area contributed by atoms with Gasteiger partial charge in [-0.05, 0) is 61.6 Å². The topological polar surface area (TPSA) is 37.4 Å². The number of carbonyl (C=O) groups excluding carboxylic acids is 2. The van der Waals surface area contributed by atoms with Gasteiger partial charge in [0.15, 0.2) is 5.78 Å². The van der Waals surface area contributed by atoms with Gasteiger partial charge < -0.3 is 4.90 Å². The van der Waals surface area contributed by atoms with Crippen LogP contribution in [0, 0.1) is 5.41 Å². The molecule has 1 fully saturated rings. The van der Waals surface area contributed by atoms with Crippen LogP contribution in [0.3, 0.4) is 0 Å². The van der Waals surface area contributed by atoms with Crippen LogP contribution in [0.2, 0.25) is 10.0 Å². The Bertz CT molecular complexity index is 972. The highest BCUT2D eigenvalue weighted by atomic mass is 35.5. The predicted molar refractivity (Wildman–Crippen MR) is 128 cm³/mol. The second-order valence-corrected chi connectivity index (χ2v) is 9.54. The lowest BCUT2D eigenvalue weighted by molar-refractivity contribution is -0.157. The van der Waals surface area contributed by atoms with Gasteiger partial charge in [-0.2, -0.15) is 0 Å². The quantitative estimate of drug-likeness (QED) is 0.419. The van der Waals surface area contributed by atoms with Crippen LogP contribution >= 0.6 is 23.2 Å². The molecule has 4 atom stereocenters. The van der Waals surface area contributed by atoms with E-state index in [0.29, 0.717) is 29.3 Å². The average Bonchev–Trinajstić information content (AvgIpc) is 2.72. The Hall–Kier alpha value is -2.10. The third kappa shape index (κ3) is 4.73. The molecule has 164 valence electrons. The number of allylic oxidation sites excluding steroid dienone is 1. The summed E-state index contributed by atoms with van der Waals surface area (Å²) in [7, 11) is 0. The molecule has 1 saturated heterocycles. The van der Waals surface area contributed by atoms with E-state index in [1.807, 2.05) is 61.2 Å². The maximum absolute atomic E-state index is 13.9. The van der Waals surface area contributed by atoms with Crippen LogP contribution < -0.4 is 0 Å². The van der Waals surface area contributed by atoms with Gasteiger partial charge in [-0.3, -0.25) is 9.59 Å². The minimum absolute atomic E-state index is 0.00678. The highest BCUT2D eigenvalue weighted by molar-refractivity contribution is 6.30. The fourth-order valence-electron chi connectivity index (χ4n) is 4.91. The lowest BCUT2D eigenvalue weighted by Crippen LogP contribution is -2.57. The van der Waals surface area contributed by atoms with Gasteiger partial charge >= 0.3 is 0 Å². The average molecular weight is 458 g/mol. The molecule has 0 radical (unpaired) electrons. The second kappa shape index (κ2) is 9.58. The van der Waals surface area contributed by atoms with Crippen molar-refractivity contribution in [2.45, 2.75) is 58.0 Å². The molecule has 0 N–H and O–H groups in total. The number of rotatable bonds is 7. The van der Waals surface area contributed by atoms with Crippen molar-refractivity contribution >= 4 is 34.9 Å². The first kappa shape index (κ1) is 23.6. The molecule has 0 aromatic heterocycles. The van der Waals surface area contributed by atoms with Crippen LogP contribution in [-0.2, 0) is 9.59 Å². The predicted octanol–water partition coefficient (Wildman–Crippen LogP) is 7.00. The number of hydrogen-bond acceptors (Lipinski definition) is 2. The number of benzene rings is 2. The highest BCUT2D eigenvalue weighted by Crippen LogP contribution is 2.52. The maximum atomic E-state index is 13.9. The van der Waals surface area contributed by atoms with Gasteiger partial charge in [-0.15, -0.1) is 6.58 Å². The third-order valence-corrected chi connectivity index (χ3v) is 6.86. The lowest BCUT2D eigenvalue weighted by atomic mass is 9.67. The number of ketones is 1. The molecule has 1 aliphatic rings. The Labute approximate surface area is 195 Å². The van der Waals surface area contributed by atoms with Gasteiger partial charge in [0, 0.05) is 16.0 Å². The summed E-state index contributed by atoms with van der Waals surface area (Å²) in [6, 6.07) is 14.6. The zero-order valence-electron chi connectivity index (χ0n) is 18.3. The lowest BCUT2D eigenvalue weighted by Gasteiger charge is -2.51. The largest absolute Gasteiger partial charge is 0.325 e. The number of piperidine rings is 1. The Kier molecular flexibility index (Phi) is 7.28. The van der Waals surface area contributed by atoms with Gasteiger partial charge in [-0.1, -0.05) is 67.4 Å². The third-order valence-electron chi connectivity index (χ3n) is 6.38. The van der Waals surface area contributed by atoms with E-state index >= 15 is 0 Å². The van der Waals surface area contributed by atoms with Crippen molar-refractivity contribution in [3.63, 3.8) is 0 Å². The van der Waals surface area contributed by atoms with Crippen molar-refractivity contribution in [3.8, 4) is 0 Å². The van der Waals surface area contributed by atoms with E-state index in [-0.39, 0.29) is 23.7 Å². The van der Waals surface area contributed by atoms with Crippen LogP contribution in [0.25, 0.3) is 0 Å². The van der Waals surface area contributed by atoms with E-state index in [1.165, 1.54) is 0 Å². The molecule has 0 aliphatic carbocycles. The van der Waals surface area contributed by atoms with E-state index in [0.717, 1.165) is 11.1 Å². The number of hydrogen-bond donors (Lipinski definition) is 0. The summed E-state index contributed by atoms with van der Waals surface area (Å²) in [6.07, 6.45) is 3.53. The van der Waals surface area contributed by atoms with Crippen molar-refractivity contribution in [1.82, 2.24) is 4.90 Å². The Morgan fingerprint density at radius 1 is 1.19 bits per heavy atom. The first-order valence-electron chi connectivity index (χ1n) is 10.7. The summed E-state index contributed by atoms with van der Waals surface area (Å²) in [5.74, 6) is -0.0499. The van der Waals surface area contributed by atoms with Crippen molar-refractivity contribution < 1.29 is 9.59 Å². The van der Waals surface area contributed by atoms with E-state index in [9.17, 15) is 9.59 Å². The fourth-order valence-corrected chi connectivity index (χ4v) is 5.24. The number of amides is 1. The number of carbonyl (C=O) groups is 2. The van der Waals surface area contributed by atoms with Gasteiger partial charge in [0.1, 0.15) is 0 Å². The molecule has 1 amide bonds. The molecule has 1 unspecified atom stereocenters. The molecule has 0 spiro atoms. The van der Waals surface area contributed by atoms with Gasteiger partial charge in [-0.25, -0.2) is 0 Å². The molecular formula is C26H29Cl2NO2. The van der Waals surface area contributed by atoms with Crippen molar-refractivity contribution in [3.05, 3.63) is 82.4 Å². The van der Waals surface area contributed by atoms with E-state index in [4.69, 9.17) is 23.2 Å². The first-order chi connectivity index (χ1) is 14.7. The van der Waals surface area contributed by atoms with Crippen molar-refractivity contribution in [2.75, 3.05) is 0 Å². The summed E-state index contributed by atoms with van der Waals surface area (Å²) in [5.41, 5.74) is 1.36. The monoisotopic (exact) mass is 457 g/mol. The Balaban J connectivity index is 2.25. The number of likely N-dealkylation sites (tertiary alicyclic amines) is 1. The SMILES string of the molecule is C=CC[C@@]1(C)C[C@H](c2cccc(Cl)c2)[C@@H](c2ccc(Cl)cc2)N(C(CC)C(C)=O)C1=O. The summed E-state index contributed by atoms with van der Waals surface area (Å²) in [4.78, 5) is 28.4. The molecule has 2 aromatic carbocycles. The van der Waals surface area contributed by atoms with Crippen molar-refractivity contribution in [1.29, 1.82) is 0 Å². The number of Topliss-reactive ketones (excluding diaryl/α,β-unsaturated/α-hetero) is 1. The molecule has 0 saturated carbocycles. The van der Waals surface area contributed by atoms with E-state index in [2.05, 4.69) is 12.6 Å². The van der Waals surface area contributed by atoms with Crippen LogP contribution in [-0.4, -0.2) is 22.6 Å². The molecule has 3 rings (SSSR count). The Morgan fingerprint density at radius 2 is 1.87 bits per heavy atom. The second-order valence-electron chi connectivity index (χ2n) is 8.66. The smallest absolute Gasteiger partial charge is 0.229 e. The van der Waals surface area contributed by atoms with Crippen LogP contribution in [0.4, 0.5) is 0 Å². The molecule has 31 heavy (non-hydrogen) atoms. The minimum atomic E-state index is -0.652. The molecule has 1 aliphatic heterocycles. The van der Waals surface area contributed by atoms with Gasteiger partial charge in [0.05, 0.1) is 17.5 Å².